The Balaban J connectivity index is 1.40. The zero-order valence-electron chi connectivity index (χ0n) is 18.1. The van der Waals surface area contributed by atoms with Crippen LogP contribution in [0.2, 0.25) is 0 Å². The van der Waals surface area contributed by atoms with Gasteiger partial charge in [-0.1, -0.05) is 55.3 Å². The summed E-state index contributed by atoms with van der Waals surface area (Å²) < 4.78 is 5.42. The highest BCUT2D eigenvalue weighted by molar-refractivity contribution is 5.66. The van der Waals surface area contributed by atoms with E-state index in [4.69, 9.17) is 14.7 Å². The summed E-state index contributed by atoms with van der Waals surface area (Å²) in [5.74, 6) is 1.40. The number of carbonyl (C=O) groups excluding carboxylic acids is 1. The standard InChI is InChI=1S/C26H28N4O2/c31-18-32-26(15-6-16-26)20-11-13-22(14-12-20)28-25-29-23(19-7-2-1-3-8-19)17-24(30-25)27-21-9-4-5-10-21/h1-3,7-8,11-14,17-18,21H,4-6,9-10,15-16H2,(H2,27,28,29,30). The van der Waals surface area contributed by atoms with Gasteiger partial charge >= 0.3 is 0 Å². The highest BCUT2D eigenvalue weighted by atomic mass is 16.5. The number of rotatable bonds is 8. The van der Waals surface area contributed by atoms with Gasteiger partial charge in [0.05, 0.1) is 5.69 Å². The molecule has 6 heteroatoms. The number of nitrogens with zero attached hydrogens (tertiary/aromatic N) is 2. The molecule has 6 nitrogen and oxygen atoms in total. The van der Waals surface area contributed by atoms with Crippen LogP contribution in [0.3, 0.4) is 0 Å². The zero-order valence-corrected chi connectivity index (χ0v) is 18.1. The molecule has 2 aromatic carbocycles. The van der Waals surface area contributed by atoms with Gasteiger partial charge in [-0.05, 0) is 49.8 Å². The summed E-state index contributed by atoms with van der Waals surface area (Å²) in [7, 11) is 0. The lowest BCUT2D eigenvalue weighted by molar-refractivity contribution is -0.155. The number of hydrogen-bond donors (Lipinski definition) is 2. The topological polar surface area (TPSA) is 76.1 Å². The molecule has 2 fully saturated rings. The normalized spacial score (nSPS) is 17.4. The van der Waals surface area contributed by atoms with Crippen molar-refractivity contribution in [1.82, 2.24) is 9.97 Å². The summed E-state index contributed by atoms with van der Waals surface area (Å²) in [6.45, 7) is 0.563. The molecular formula is C26H28N4O2. The maximum absolute atomic E-state index is 10.9. The van der Waals surface area contributed by atoms with E-state index >= 15 is 0 Å². The lowest BCUT2D eigenvalue weighted by Crippen LogP contribution is -2.36. The van der Waals surface area contributed by atoms with Gasteiger partial charge in [-0.15, -0.1) is 0 Å². The average Bonchev–Trinajstić information content (AvgIpc) is 3.30. The molecule has 0 unspecified atom stereocenters. The third-order valence-corrected chi connectivity index (χ3v) is 6.60. The Morgan fingerprint density at radius 3 is 2.34 bits per heavy atom. The molecular weight excluding hydrogens is 400 g/mol. The molecule has 3 aromatic rings. The van der Waals surface area contributed by atoms with E-state index in [0.29, 0.717) is 18.5 Å². The van der Waals surface area contributed by atoms with Crippen LogP contribution in [0.15, 0.2) is 60.7 Å². The Morgan fingerprint density at radius 2 is 1.69 bits per heavy atom. The van der Waals surface area contributed by atoms with Gasteiger partial charge in [0.2, 0.25) is 5.95 Å². The van der Waals surface area contributed by atoms with Crippen LogP contribution in [0.4, 0.5) is 17.5 Å². The Bertz CT molecular complexity index is 1060. The SMILES string of the molecule is O=COC1(c2ccc(Nc3nc(NC4CCCC4)cc(-c4ccccc4)n3)cc2)CCC1. The fourth-order valence-corrected chi connectivity index (χ4v) is 4.66. The van der Waals surface area contributed by atoms with Gasteiger partial charge < -0.3 is 15.4 Å². The first-order valence-electron chi connectivity index (χ1n) is 11.4. The smallest absolute Gasteiger partial charge is 0.293 e. The molecule has 2 aliphatic carbocycles. The summed E-state index contributed by atoms with van der Waals surface area (Å²) >= 11 is 0. The van der Waals surface area contributed by atoms with Crippen molar-refractivity contribution >= 4 is 23.9 Å². The summed E-state index contributed by atoms with van der Waals surface area (Å²) in [4.78, 5) is 20.5. The zero-order chi connectivity index (χ0) is 21.8. The van der Waals surface area contributed by atoms with E-state index in [1.807, 2.05) is 48.5 Å². The maximum atomic E-state index is 10.9. The summed E-state index contributed by atoms with van der Waals surface area (Å²) in [5, 5.41) is 6.95. The van der Waals surface area contributed by atoms with Crippen LogP contribution >= 0.6 is 0 Å². The van der Waals surface area contributed by atoms with Crippen molar-refractivity contribution in [3.05, 3.63) is 66.2 Å². The van der Waals surface area contributed by atoms with Crippen LogP contribution in [0.1, 0.15) is 50.5 Å². The number of ether oxygens (including phenoxy) is 1. The van der Waals surface area contributed by atoms with Crippen molar-refractivity contribution in [2.45, 2.75) is 56.6 Å². The molecule has 164 valence electrons. The lowest BCUT2D eigenvalue weighted by atomic mass is 9.75. The molecule has 1 aromatic heterocycles. The van der Waals surface area contributed by atoms with E-state index < -0.39 is 5.60 Å². The van der Waals surface area contributed by atoms with E-state index in [-0.39, 0.29) is 0 Å². The molecule has 5 rings (SSSR count). The molecule has 0 radical (unpaired) electrons. The Hall–Kier alpha value is -3.41. The summed E-state index contributed by atoms with van der Waals surface area (Å²) in [6.07, 6.45) is 7.71. The Morgan fingerprint density at radius 1 is 0.938 bits per heavy atom. The predicted molar refractivity (Wildman–Crippen MR) is 126 cm³/mol. The van der Waals surface area contributed by atoms with Crippen molar-refractivity contribution in [1.29, 1.82) is 0 Å². The molecule has 0 saturated heterocycles. The third-order valence-electron chi connectivity index (χ3n) is 6.60. The molecule has 2 aliphatic rings. The van der Waals surface area contributed by atoms with Crippen molar-refractivity contribution in [3.63, 3.8) is 0 Å². The lowest BCUT2D eigenvalue weighted by Gasteiger charge is -2.40. The van der Waals surface area contributed by atoms with Crippen LogP contribution in [-0.4, -0.2) is 22.5 Å². The molecule has 0 amide bonds. The predicted octanol–water partition coefficient (Wildman–Crippen LogP) is 5.79. The first kappa shape index (κ1) is 20.5. The van der Waals surface area contributed by atoms with Crippen LogP contribution in [0.5, 0.6) is 0 Å². The van der Waals surface area contributed by atoms with E-state index in [0.717, 1.165) is 47.6 Å². The Labute approximate surface area is 188 Å². The van der Waals surface area contributed by atoms with Crippen molar-refractivity contribution in [2.75, 3.05) is 10.6 Å². The molecule has 0 bridgehead atoms. The Kier molecular flexibility index (Phi) is 5.75. The van der Waals surface area contributed by atoms with Crippen LogP contribution in [0.25, 0.3) is 11.3 Å². The summed E-state index contributed by atoms with van der Waals surface area (Å²) in [6, 6.07) is 20.7. The minimum absolute atomic E-state index is 0.456. The van der Waals surface area contributed by atoms with Crippen molar-refractivity contribution in [3.8, 4) is 11.3 Å². The minimum atomic E-state index is -0.456. The highest BCUT2D eigenvalue weighted by Gasteiger charge is 2.40. The number of benzene rings is 2. The fraction of sp³-hybridized carbons (Fsp3) is 0.346. The summed E-state index contributed by atoms with van der Waals surface area (Å²) in [5.41, 5.74) is 3.41. The van der Waals surface area contributed by atoms with E-state index in [2.05, 4.69) is 22.8 Å². The number of anilines is 3. The van der Waals surface area contributed by atoms with Gasteiger partial charge in [0.15, 0.2) is 0 Å². The monoisotopic (exact) mass is 428 g/mol. The second-order valence-electron chi connectivity index (χ2n) is 8.72. The van der Waals surface area contributed by atoms with E-state index in [9.17, 15) is 4.79 Å². The second-order valence-corrected chi connectivity index (χ2v) is 8.72. The fourth-order valence-electron chi connectivity index (χ4n) is 4.66. The number of aromatic nitrogens is 2. The minimum Gasteiger partial charge on any atom is -0.456 e. The van der Waals surface area contributed by atoms with E-state index in [1.54, 1.807) is 0 Å². The van der Waals surface area contributed by atoms with Crippen LogP contribution in [-0.2, 0) is 15.1 Å². The highest BCUT2D eigenvalue weighted by Crippen LogP contribution is 2.44. The second kappa shape index (κ2) is 8.99. The molecule has 0 spiro atoms. The molecule has 0 aliphatic heterocycles. The van der Waals surface area contributed by atoms with Gasteiger partial charge in [0.25, 0.3) is 6.47 Å². The van der Waals surface area contributed by atoms with Gasteiger partial charge in [-0.3, -0.25) is 4.79 Å². The molecule has 2 N–H and O–H groups in total. The molecule has 0 atom stereocenters. The van der Waals surface area contributed by atoms with Gasteiger partial charge in [0, 0.05) is 23.4 Å². The quantitative estimate of drug-likeness (QED) is 0.442. The molecule has 2 saturated carbocycles. The first-order chi connectivity index (χ1) is 15.7. The van der Waals surface area contributed by atoms with Gasteiger partial charge in [-0.2, -0.15) is 4.98 Å². The van der Waals surface area contributed by atoms with Gasteiger partial charge in [0.1, 0.15) is 11.4 Å². The van der Waals surface area contributed by atoms with E-state index in [1.165, 1.54) is 25.7 Å². The number of carbonyl (C=O) groups is 1. The number of hydrogen-bond acceptors (Lipinski definition) is 6. The first-order valence-corrected chi connectivity index (χ1v) is 11.4. The molecule has 32 heavy (non-hydrogen) atoms. The van der Waals surface area contributed by atoms with Crippen LogP contribution in [0, 0.1) is 0 Å². The maximum Gasteiger partial charge on any atom is 0.293 e. The average molecular weight is 429 g/mol. The third kappa shape index (κ3) is 4.31. The van der Waals surface area contributed by atoms with Crippen LogP contribution < -0.4 is 10.6 Å². The van der Waals surface area contributed by atoms with Crippen molar-refractivity contribution in [2.24, 2.45) is 0 Å². The largest absolute Gasteiger partial charge is 0.456 e. The number of nitrogens with one attached hydrogen (secondary N) is 2. The van der Waals surface area contributed by atoms with Gasteiger partial charge in [-0.25, -0.2) is 4.98 Å². The molecule has 1 heterocycles. The van der Waals surface area contributed by atoms with Crippen molar-refractivity contribution < 1.29 is 9.53 Å².